The summed E-state index contributed by atoms with van der Waals surface area (Å²) in [5, 5.41) is 7.00. The van der Waals surface area contributed by atoms with Crippen molar-refractivity contribution in [2.75, 3.05) is 0 Å². The molecule has 0 amide bonds. The maximum Gasteiger partial charge on any atom is 0.259 e. The first-order valence-electron chi connectivity index (χ1n) is 7.31. The van der Waals surface area contributed by atoms with Crippen LogP contribution in [0.3, 0.4) is 0 Å². The molecule has 3 aromatic rings. The van der Waals surface area contributed by atoms with E-state index in [1.165, 1.54) is 0 Å². The van der Waals surface area contributed by atoms with Gasteiger partial charge < -0.3 is 10.3 Å². The molecule has 1 aliphatic rings. The molecule has 4 rings (SSSR count). The topological polar surface area (TPSA) is 82.8 Å². The third-order valence-corrected chi connectivity index (χ3v) is 5.15. The molecule has 0 unspecified atom stereocenters. The summed E-state index contributed by atoms with van der Waals surface area (Å²) in [4.78, 5) is 8.91. The predicted octanol–water partition coefficient (Wildman–Crippen LogP) is 2.94. The first-order chi connectivity index (χ1) is 10.6. The molecule has 0 aromatic carbocycles. The molecule has 22 heavy (non-hydrogen) atoms. The molecule has 0 spiro atoms. The van der Waals surface area contributed by atoms with Crippen molar-refractivity contribution >= 4 is 11.3 Å². The highest BCUT2D eigenvalue weighted by Gasteiger charge is 2.39. The number of nitrogens with zero attached hydrogens (tertiary/aromatic N) is 4. The van der Waals surface area contributed by atoms with Gasteiger partial charge in [0, 0.05) is 23.0 Å². The number of aromatic nitrogens is 4. The van der Waals surface area contributed by atoms with E-state index in [4.69, 9.17) is 10.3 Å². The SMILES string of the molecule is Cc1cc(-c2nc(C3(N)CCC3)no2)c(C)n1-c1nccs1. The predicted molar refractivity (Wildman–Crippen MR) is 83.9 cm³/mol. The Morgan fingerprint density at radius 1 is 1.36 bits per heavy atom. The Bertz CT molecular complexity index is 813. The van der Waals surface area contributed by atoms with Gasteiger partial charge in [-0.15, -0.1) is 11.3 Å². The van der Waals surface area contributed by atoms with Gasteiger partial charge in [0.2, 0.25) is 0 Å². The molecular weight excluding hydrogens is 298 g/mol. The van der Waals surface area contributed by atoms with Gasteiger partial charge in [-0.05, 0) is 39.2 Å². The van der Waals surface area contributed by atoms with E-state index in [1.807, 2.05) is 19.2 Å². The van der Waals surface area contributed by atoms with Gasteiger partial charge in [-0.1, -0.05) is 5.16 Å². The van der Waals surface area contributed by atoms with Gasteiger partial charge in [0.15, 0.2) is 11.0 Å². The fraction of sp³-hybridized carbons (Fsp3) is 0.400. The highest BCUT2D eigenvalue weighted by atomic mass is 32.1. The third-order valence-electron chi connectivity index (χ3n) is 4.39. The van der Waals surface area contributed by atoms with Crippen LogP contribution in [0.2, 0.25) is 0 Å². The molecule has 2 N–H and O–H groups in total. The highest BCUT2D eigenvalue weighted by Crippen LogP contribution is 2.38. The average Bonchev–Trinajstić information content (AvgIpc) is 3.16. The van der Waals surface area contributed by atoms with Crippen LogP contribution in [-0.2, 0) is 5.54 Å². The van der Waals surface area contributed by atoms with Crippen molar-refractivity contribution in [2.45, 2.75) is 38.6 Å². The minimum Gasteiger partial charge on any atom is -0.334 e. The molecular formula is C15H17N5OS. The van der Waals surface area contributed by atoms with E-state index >= 15 is 0 Å². The lowest BCUT2D eigenvalue weighted by atomic mass is 9.77. The van der Waals surface area contributed by atoms with Crippen molar-refractivity contribution in [3.8, 4) is 16.6 Å². The van der Waals surface area contributed by atoms with Crippen LogP contribution in [-0.4, -0.2) is 19.7 Å². The molecule has 0 atom stereocenters. The second kappa shape index (κ2) is 4.76. The van der Waals surface area contributed by atoms with E-state index in [0.717, 1.165) is 41.3 Å². The zero-order valence-corrected chi connectivity index (χ0v) is 13.4. The molecule has 0 aliphatic heterocycles. The fourth-order valence-electron chi connectivity index (χ4n) is 2.92. The molecule has 3 heterocycles. The molecule has 1 aliphatic carbocycles. The molecule has 0 saturated heterocycles. The maximum atomic E-state index is 6.27. The van der Waals surface area contributed by atoms with Gasteiger partial charge in [-0.3, -0.25) is 4.57 Å². The first kappa shape index (κ1) is 13.7. The third kappa shape index (κ3) is 1.93. The number of thiazole rings is 1. The summed E-state index contributed by atoms with van der Waals surface area (Å²) < 4.78 is 7.57. The van der Waals surface area contributed by atoms with E-state index in [2.05, 4.69) is 25.8 Å². The number of hydrogen-bond donors (Lipinski definition) is 1. The molecule has 1 fully saturated rings. The standard InChI is InChI=1S/C15H17N5OS/c1-9-8-11(10(2)20(9)14-17-6-7-22-14)12-18-13(19-21-12)15(16)4-3-5-15/h6-8H,3-5,16H2,1-2H3. The smallest absolute Gasteiger partial charge is 0.259 e. The van der Waals surface area contributed by atoms with E-state index in [0.29, 0.717) is 11.7 Å². The van der Waals surface area contributed by atoms with Crippen molar-refractivity contribution in [2.24, 2.45) is 5.73 Å². The number of rotatable bonds is 3. The minimum absolute atomic E-state index is 0.400. The van der Waals surface area contributed by atoms with Crippen LogP contribution >= 0.6 is 11.3 Å². The summed E-state index contributed by atoms with van der Waals surface area (Å²) in [7, 11) is 0. The summed E-state index contributed by atoms with van der Waals surface area (Å²) in [6, 6.07) is 2.05. The van der Waals surface area contributed by atoms with E-state index in [1.54, 1.807) is 17.5 Å². The molecule has 1 saturated carbocycles. The molecule has 3 aromatic heterocycles. The van der Waals surface area contributed by atoms with Gasteiger partial charge in [0.1, 0.15) is 0 Å². The summed E-state index contributed by atoms with van der Waals surface area (Å²) in [6.45, 7) is 4.08. The van der Waals surface area contributed by atoms with E-state index in [-0.39, 0.29) is 0 Å². The quantitative estimate of drug-likeness (QED) is 0.803. The zero-order valence-electron chi connectivity index (χ0n) is 12.5. The van der Waals surface area contributed by atoms with Gasteiger partial charge in [0.25, 0.3) is 5.89 Å². The van der Waals surface area contributed by atoms with Crippen LogP contribution in [0, 0.1) is 13.8 Å². The molecule has 7 heteroatoms. The van der Waals surface area contributed by atoms with Crippen molar-refractivity contribution < 1.29 is 4.52 Å². The van der Waals surface area contributed by atoms with Crippen LogP contribution in [0.1, 0.15) is 36.5 Å². The van der Waals surface area contributed by atoms with Crippen LogP contribution in [0.15, 0.2) is 22.2 Å². The Hall–Kier alpha value is -1.99. The monoisotopic (exact) mass is 315 g/mol. The minimum atomic E-state index is -0.400. The lowest BCUT2D eigenvalue weighted by molar-refractivity contribution is 0.229. The molecule has 0 radical (unpaired) electrons. The Morgan fingerprint density at radius 3 is 2.82 bits per heavy atom. The fourth-order valence-corrected chi connectivity index (χ4v) is 3.67. The van der Waals surface area contributed by atoms with E-state index in [9.17, 15) is 0 Å². The maximum absolute atomic E-state index is 6.27. The number of nitrogens with two attached hydrogens (primary N) is 1. The van der Waals surface area contributed by atoms with Crippen molar-refractivity contribution in [1.82, 2.24) is 19.7 Å². The van der Waals surface area contributed by atoms with Crippen LogP contribution in [0.25, 0.3) is 16.6 Å². The Morgan fingerprint density at radius 2 is 2.18 bits per heavy atom. The average molecular weight is 315 g/mol. The zero-order chi connectivity index (χ0) is 15.3. The number of aryl methyl sites for hydroxylation is 1. The van der Waals surface area contributed by atoms with Gasteiger partial charge in [-0.2, -0.15) is 4.98 Å². The molecule has 0 bridgehead atoms. The van der Waals surface area contributed by atoms with Gasteiger partial charge in [0.05, 0.1) is 11.1 Å². The Kier molecular flexibility index (Phi) is 2.95. The normalized spacial score (nSPS) is 16.7. The Labute approximate surface area is 132 Å². The second-order valence-electron chi connectivity index (χ2n) is 5.87. The summed E-state index contributed by atoms with van der Waals surface area (Å²) in [5.41, 5.74) is 8.94. The summed E-state index contributed by atoms with van der Waals surface area (Å²) in [6.07, 6.45) is 4.77. The summed E-state index contributed by atoms with van der Waals surface area (Å²) >= 11 is 1.60. The van der Waals surface area contributed by atoms with Crippen molar-refractivity contribution in [3.63, 3.8) is 0 Å². The van der Waals surface area contributed by atoms with Crippen LogP contribution < -0.4 is 5.73 Å². The Balaban J connectivity index is 1.76. The summed E-state index contributed by atoms with van der Waals surface area (Å²) in [5.74, 6) is 1.15. The molecule has 114 valence electrons. The first-order valence-corrected chi connectivity index (χ1v) is 8.19. The highest BCUT2D eigenvalue weighted by molar-refractivity contribution is 7.12. The van der Waals surface area contributed by atoms with Crippen LogP contribution in [0.4, 0.5) is 0 Å². The molecule has 6 nitrogen and oxygen atoms in total. The van der Waals surface area contributed by atoms with Gasteiger partial charge >= 0.3 is 0 Å². The van der Waals surface area contributed by atoms with Gasteiger partial charge in [-0.25, -0.2) is 4.98 Å². The van der Waals surface area contributed by atoms with Crippen LogP contribution in [0.5, 0.6) is 0 Å². The largest absolute Gasteiger partial charge is 0.334 e. The van der Waals surface area contributed by atoms with E-state index < -0.39 is 5.54 Å². The van der Waals surface area contributed by atoms with Crippen molar-refractivity contribution in [3.05, 3.63) is 34.9 Å². The second-order valence-corrected chi connectivity index (χ2v) is 6.74. The lowest BCUT2D eigenvalue weighted by Gasteiger charge is -2.34. The number of hydrogen-bond acceptors (Lipinski definition) is 6. The lowest BCUT2D eigenvalue weighted by Crippen LogP contribution is -2.44. The van der Waals surface area contributed by atoms with Crippen molar-refractivity contribution in [1.29, 1.82) is 0 Å².